The van der Waals surface area contributed by atoms with Crippen LogP contribution in [0, 0.1) is 13.8 Å². The topological polar surface area (TPSA) is 77.2 Å². The summed E-state index contributed by atoms with van der Waals surface area (Å²) >= 11 is 3.46. The molecule has 128 valence electrons. The zero-order chi connectivity index (χ0) is 17.8. The number of nitrogens with one attached hydrogen (secondary N) is 1. The van der Waals surface area contributed by atoms with Crippen LogP contribution in [0.3, 0.4) is 0 Å². The highest BCUT2D eigenvalue weighted by atomic mass is 79.9. The number of aryl methyl sites for hydroxylation is 2. The van der Waals surface area contributed by atoms with Crippen molar-refractivity contribution in [3.8, 4) is 5.75 Å². The monoisotopic (exact) mass is 401 g/mol. The Bertz CT molecular complexity index is 908. The van der Waals surface area contributed by atoms with Crippen LogP contribution < -0.4 is 10.1 Å². The van der Waals surface area contributed by atoms with Crippen molar-refractivity contribution in [1.82, 2.24) is 10.1 Å². The van der Waals surface area contributed by atoms with E-state index in [9.17, 15) is 4.79 Å². The summed E-state index contributed by atoms with van der Waals surface area (Å²) in [6, 6.07) is 12.7. The van der Waals surface area contributed by atoms with Gasteiger partial charge in [0.05, 0.1) is 11.3 Å². The molecular weight excluding hydrogens is 386 g/mol. The van der Waals surface area contributed by atoms with Crippen molar-refractivity contribution in [3.63, 3.8) is 0 Å². The summed E-state index contributed by atoms with van der Waals surface area (Å²) in [5.41, 5.74) is 2.22. The molecule has 0 radical (unpaired) electrons. The first-order chi connectivity index (χ1) is 12.0. The van der Waals surface area contributed by atoms with Gasteiger partial charge in [-0.3, -0.25) is 4.79 Å². The lowest BCUT2D eigenvalue weighted by Crippen LogP contribution is -2.14. The molecule has 0 aliphatic carbocycles. The first-order valence-electron chi connectivity index (χ1n) is 7.61. The fourth-order valence-electron chi connectivity index (χ4n) is 2.23. The lowest BCUT2D eigenvalue weighted by molar-refractivity contribution is 0.102. The third-order valence-electron chi connectivity index (χ3n) is 3.43. The van der Waals surface area contributed by atoms with E-state index in [1.165, 1.54) is 0 Å². The zero-order valence-electron chi connectivity index (χ0n) is 13.7. The van der Waals surface area contributed by atoms with Crippen molar-refractivity contribution in [2.45, 2.75) is 20.5 Å². The van der Waals surface area contributed by atoms with E-state index in [0.717, 1.165) is 10.0 Å². The standard InChI is InChI=1S/C18H16BrN3O3/c1-11-7-8-15(14(19)9-11)21-18(23)13-5-3-4-6-16(13)24-10-17-20-12(2)25-22-17/h3-9H,10H2,1-2H3,(H,21,23). The minimum Gasteiger partial charge on any atom is -0.485 e. The zero-order valence-corrected chi connectivity index (χ0v) is 15.3. The van der Waals surface area contributed by atoms with Gasteiger partial charge in [0.2, 0.25) is 11.7 Å². The smallest absolute Gasteiger partial charge is 0.259 e. The Balaban J connectivity index is 1.76. The minimum absolute atomic E-state index is 0.121. The highest BCUT2D eigenvalue weighted by Crippen LogP contribution is 2.26. The fourth-order valence-corrected chi connectivity index (χ4v) is 2.83. The van der Waals surface area contributed by atoms with Crippen LogP contribution in [0.1, 0.15) is 27.6 Å². The van der Waals surface area contributed by atoms with Gasteiger partial charge in [-0.15, -0.1) is 0 Å². The average Bonchev–Trinajstić information content (AvgIpc) is 3.01. The molecule has 1 N–H and O–H groups in total. The van der Waals surface area contributed by atoms with E-state index >= 15 is 0 Å². The molecular formula is C18H16BrN3O3. The fraction of sp³-hybridized carbons (Fsp3) is 0.167. The van der Waals surface area contributed by atoms with E-state index in [1.807, 2.05) is 25.1 Å². The van der Waals surface area contributed by atoms with Crippen molar-refractivity contribution in [3.05, 3.63) is 69.8 Å². The number of hydrogen-bond acceptors (Lipinski definition) is 5. The van der Waals surface area contributed by atoms with Gasteiger partial charge in [-0.05, 0) is 52.7 Å². The van der Waals surface area contributed by atoms with Crippen LogP contribution in [0.4, 0.5) is 5.69 Å². The Morgan fingerprint density at radius 1 is 1.24 bits per heavy atom. The average molecular weight is 402 g/mol. The summed E-state index contributed by atoms with van der Waals surface area (Å²) in [6.45, 7) is 3.81. The highest BCUT2D eigenvalue weighted by molar-refractivity contribution is 9.10. The molecule has 0 fully saturated rings. The van der Waals surface area contributed by atoms with Crippen molar-refractivity contribution in [1.29, 1.82) is 0 Å². The largest absolute Gasteiger partial charge is 0.485 e. The Morgan fingerprint density at radius 3 is 2.76 bits per heavy atom. The number of ether oxygens (including phenoxy) is 1. The number of halogens is 1. The second-order valence-corrected chi connectivity index (χ2v) is 6.31. The normalized spacial score (nSPS) is 10.5. The molecule has 0 aliphatic heterocycles. The number of amides is 1. The number of benzene rings is 2. The second-order valence-electron chi connectivity index (χ2n) is 5.45. The Labute approximate surface area is 153 Å². The maximum absolute atomic E-state index is 12.6. The van der Waals surface area contributed by atoms with Gasteiger partial charge in [-0.25, -0.2) is 0 Å². The van der Waals surface area contributed by atoms with E-state index < -0.39 is 0 Å². The maximum atomic E-state index is 12.6. The lowest BCUT2D eigenvalue weighted by atomic mass is 10.1. The van der Waals surface area contributed by atoms with Gasteiger partial charge in [0.1, 0.15) is 5.75 Å². The number of carbonyl (C=O) groups is 1. The Morgan fingerprint density at radius 2 is 2.04 bits per heavy atom. The van der Waals surface area contributed by atoms with E-state index in [4.69, 9.17) is 9.26 Å². The van der Waals surface area contributed by atoms with Gasteiger partial charge >= 0.3 is 0 Å². The van der Waals surface area contributed by atoms with Gasteiger partial charge in [-0.2, -0.15) is 4.98 Å². The molecule has 0 atom stereocenters. The third-order valence-corrected chi connectivity index (χ3v) is 4.09. The van der Waals surface area contributed by atoms with Gasteiger partial charge < -0.3 is 14.6 Å². The summed E-state index contributed by atoms with van der Waals surface area (Å²) in [5.74, 6) is 1.08. The molecule has 2 aromatic carbocycles. The number of carbonyl (C=O) groups excluding carboxylic acids is 1. The number of hydrogen-bond donors (Lipinski definition) is 1. The van der Waals surface area contributed by atoms with Gasteiger partial charge in [-0.1, -0.05) is 23.4 Å². The molecule has 0 spiro atoms. The Hall–Kier alpha value is -2.67. The van der Waals surface area contributed by atoms with Gasteiger partial charge in [0, 0.05) is 11.4 Å². The molecule has 3 rings (SSSR count). The summed E-state index contributed by atoms with van der Waals surface area (Å²) in [5, 5.41) is 6.66. The second kappa shape index (κ2) is 7.48. The van der Waals surface area contributed by atoms with E-state index in [1.54, 1.807) is 31.2 Å². The van der Waals surface area contributed by atoms with Crippen LogP contribution in [0.25, 0.3) is 0 Å². The SMILES string of the molecule is Cc1ccc(NC(=O)c2ccccc2OCc2noc(C)n2)c(Br)c1. The number of rotatable bonds is 5. The summed E-state index contributed by atoms with van der Waals surface area (Å²) < 4.78 is 11.4. The maximum Gasteiger partial charge on any atom is 0.259 e. The van der Waals surface area contributed by atoms with Crippen LogP contribution in [-0.4, -0.2) is 16.0 Å². The molecule has 1 amide bonds. The molecule has 3 aromatic rings. The molecule has 0 aliphatic rings. The van der Waals surface area contributed by atoms with E-state index in [2.05, 4.69) is 31.4 Å². The number of para-hydroxylation sites is 1. The van der Waals surface area contributed by atoms with Crippen molar-refractivity contribution in [2.75, 3.05) is 5.32 Å². The molecule has 7 heteroatoms. The molecule has 6 nitrogen and oxygen atoms in total. The van der Waals surface area contributed by atoms with Crippen LogP contribution in [0.5, 0.6) is 5.75 Å². The molecule has 0 unspecified atom stereocenters. The van der Waals surface area contributed by atoms with Gasteiger partial charge in [0.15, 0.2) is 6.61 Å². The first-order valence-corrected chi connectivity index (χ1v) is 8.41. The quantitative estimate of drug-likeness (QED) is 0.690. The van der Waals surface area contributed by atoms with Crippen LogP contribution in [0.15, 0.2) is 51.5 Å². The molecule has 25 heavy (non-hydrogen) atoms. The summed E-state index contributed by atoms with van der Waals surface area (Å²) in [7, 11) is 0. The molecule has 0 bridgehead atoms. The first kappa shape index (κ1) is 17.2. The summed E-state index contributed by atoms with van der Waals surface area (Å²) in [6.07, 6.45) is 0. The molecule has 1 heterocycles. The molecule has 1 aromatic heterocycles. The number of nitrogens with zero attached hydrogens (tertiary/aromatic N) is 2. The van der Waals surface area contributed by atoms with Crippen molar-refractivity contribution in [2.24, 2.45) is 0 Å². The van der Waals surface area contributed by atoms with Crippen LogP contribution in [-0.2, 0) is 6.61 Å². The predicted octanol–water partition coefficient (Wildman–Crippen LogP) is 4.28. The van der Waals surface area contributed by atoms with Crippen molar-refractivity contribution >= 4 is 27.5 Å². The van der Waals surface area contributed by atoms with Gasteiger partial charge in [0.25, 0.3) is 5.91 Å². The summed E-state index contributed by atoms with van der Waals surface area (Å²) in [4.78, 5) is 16.7. The lowest BCUT2D eigenvalue weighted by Gasteiger charge is -2.12. The predicted molar refractivity (Wildman–Crippen MR) is 96.6 cm³/mol. The Kier molecular flexibility index (Phi) is 5.14. The third kappa shape index (κ3) is 4.24. The van der Waals surface area contributed by atoms with Crippen molar-refractivity contribution < 1.29 is 14.1 Å². The van der Waals surface area contributed by atoms with Crippen LogP contribution in [0.2, 0.25) is 0 Å². The molecule has 0 saturated heterocycles. The number of aromatic nitrogens is 2. The van der Waals surface area contributed by atoms with Crippen LogP contribution >= 0.6 is 15.9 Å². The van der Waals surface area contributed by atoms with E-state index in [0.29, 0.717) is 28.7 Å². The molecule has 0 saturated carbocycles. The minimum atomic E-state index is -0.260. The highest BCUT2D eigenvalue weighted by Gasteiger charge is 2.14. The number of anilines is 1. The van der Waals surface area contributed by atoms with E-state index in [-0.39, 0.29) is 12.5 Å².